The normalized spacial score (nSPS) is 12.9. The highest BCUT2D eigenvalue weighted by atomic mass is 16.5. The second-order valence-electron chi connectivity index (χ2n) is 12.4. The maximum Gasteiger partial charge on any atom is 0.322 e. The summed E-state index contributed by atoms with van der Waals surface area (Å²) in [6, 6.07) is 32.2. The minimum atomic E-state index is -0.356. The molecule has 3 amide bonds. The molecule has 2 aromatic heterocycles. The van der Waals surface area contributed by atoms with E-state index in [4.69, 9.17) is 9.72 Å². The molecule has 11 nitrogen and oxygen atoms in total. The topological polar surface area (TPSA) is 123 Å². The van der Waals surface area contributed by atoms with Gasteiger partial charge in [0, 0.05) is 73.2 Å². The summed E-state index contributed by atoms with van der Waals surface area (Å²) in [7, 11) is 3.13. The van der Waals surface area contributed by atoms with Gasteiger partial charge in [0.1, 0.15) is 11.4 Å². The Morgan fingerprint density at radius 3 is 2.14 bits per heavy atom. The summed E-state index contributed by atoms with van der Waals surface area (Å²) < 4.78 is 5.56. The number of carbonyl (C=O) groups excluding carboxylic acids is 2. The molecule has 51 heavy (non-hydrogen) atoms. The number of hydrogen-bond donors (Lipinski definition) is 3. The molecule has 6 aromatic rings. The van der Waals surface area contributed by atoms with Gasteiger partial charge < -0.3 is 35.2 Å². The first-order valence-electron chi connectivity index (χ1n) is 16.9. The van der Waals surface area contributed by atoms with Crippen molar-refractivity contribution in [2.45, 2.75) is 13.3 Å². The number of methoxy groups -OCH3 is 1. The van der Waals surface area contributed by atoms with Crippen LogP contribution in [0.25, 0.3) is 21.8 Å². The average molecular weight is 682 g/mol. The van der Waals surface area contributed by atoms with E-state index in [0.717, 1.165) is 33.2 Å². The monoisotopic (exact) mass is 681 g/mol. The van der Waals surface area contributed by atoms with Crippen LogP contribution < -0.4 is 25.2 Å². The number of fused-ring (bicyclic) bond motifs is 2. The molecule has 1 saturated heterocycles. The average Bonchev–Trinajstić information content (AvgIpc) is 3.17. The summed E-state index contributed by atoms with van der Waals surface area (Å²) in [5.74, 6) is -0.144. The Balaban J connectivity index is 1.14. The third-order valence-electron chi connectivity index (χ3n) is 9.21. The van der Waals surface area contributed by atoms with Crippen LogP contribution in [-0.4, -0.2) is 72.2 Å². The largest absolute Gasteiger partial charge is 0.508 e. The molecule has 0 radical (unpaired) electrons. The Hall–Kier alpha value is -6.36. The van der Waals surface area contributed by atoms with Gasteiger partial charge in [0.25, 0.3) is 5.91 Å². The number of ether oxygens (including phenoxy) is 1. The van der Waals surface area contributed by atoms with Crippen LogP contribution in [0, 0.1) is 0 Å². The Labute approximate surface area is 296 Å². The van der Waals surface area contributed by atoms with Gasteiger partial charge in [-0.3, -0.25) is 4.79 Å². The first-order chi connectivity index (χ1) is 24.8. The number of aromatic nitrogens is 2. The lowest BCUT2D eigenvalue weighted by Crippen LogP contribution is -2.50. The molecule has 1 aliphatic rings. The van der Waals surface area contributed by atoms with Gasteiger partial charge in [-0.1, -0.05) is 61.5 Å². The fraction of sp³-hybridized carbons (Fsp3) is 0.200. The zero-order valence-corrected chi connectivity index (χ0v) is 28.8. The van der Waals surface area contributed by atoms with Gasteiger partial charge in [-0.15, -0.1) is 0 Å². The molecule has 0 atom stereocenters. The van der Waals surface area contributed by atoms with Crippen LogP contribution in [0.4, 0.5) is 33.2 Å². The highest BCUT2D eigenvalue weighted by molar-refractivity contribution is 6.10. The molecule has 1 aliphatic heterocycles. The second kappa shape index (κ2) is 14.2. The van der Waals surface area contributed by atoms with Gasteiger partial charge in [0.2, 0.25) is 5.88 Å². The number of benzene rings is 4. The molecule has 0 saturated carbocycles. The van der Waals surface area contributed by atoms with Crippen molar-refractivity contribution in [3.63, 3.8) is 0 Å². The number of anilines is 5. The summed E-state index contributed by atoms with van der Waals surface area (Å²) in [5.41, 5.74) is 5.83. The number of phenols is 1. The number of aromatic hydroxyl groups is 1. The van der Waals surface area contributed by atoms with E-state index in [-0.39, 0.29) is 23.6 Å². The summed E-state index contributed by atoms with van der Waals surface area (Å²) in [5, 5.41) is 19.1. The molecular formula is C40H39N7O4. The molecule has 3 heterocycles. The van der Waals surface area contributed by atoms with Crippen LogP contribution in [0.2, 0.25) is 0 Å². The minimum Gasteiger partial charge on any atom is -0.508 e. The number of nitrogens with one attached hydrogen (secondary N) is 2. The molecule has 7 rings (SSSR count). The molecule has 11 heteroatoms. The number of nitrogens with zero attached hydrogens (tertiary/aromatic N) is 5. The Kier molecular flexibility index (Phi) is 9.26. The fourth-order valence-electron chi connectivity index (χ4n) is 6.51. The first-order valence-corrected chi connectivity index (χ1v) is 16.9. The summed E-state index contributed by atoms with van der Waals surface area (Å²) in [6.07, 6.45) is 0.454. The molecule has 0 bridgehead atoms. The highest BCUT2D eigenvalue weighted by Crippen LogP contribution is 2.36. The lowest BCUT2D eigenvalue weighted by molar-refractivity contribution is 0.0991. The van der Waals surface area contributed by atoms with E-state index < -0.39 is 0 Å². The lowest BCUT2D eigenvalue weighted by Gasteiger charge is -2.36. The standard InChI is InChI=1S/C40H39N7O4/c1-4-33-32(25-36(38(43-33)51-3)44-40(50)47-20-18-46(19-21-47)27-12-6-5-7-13-27)39(49)45(2)28-22-26(23-29(48)24-28)41-37-30-14-8-10-16-34(30)42-35-17-11-9-15-31(35)37/h5-17,22-25,48H,4,18-21H2,1-3H3,(H,41,42)(H,44,50). The van der Waals surface area contributed by atoms with Crippen LogP contribution in [0.3, 0.4) is 0 Å². The number of para-hydroxylation sites is 3. The van der Waals surface area contributed by atoms with Crippen LogP contribution in [0.5, 0.6) is 11.6 Å². The Bertz CT molecular complexity index is 2180. The third-order valence-corrected chi connectivity index (χ3v) is 9.21. The summed E-state index contributed by atoms with van der Waals surface area (Å²) in [4.78, 5) is 42.5. The van der Waals surface area contributed by atoms with E-state index in [1.807, 2.05) is 79.7 Å². The maximum absolute atomic E-state index is 14.2. The minimum absolute atomic E-state index is 0.0128. The van der Waals surface area contributed by atoms with Crippen LogP contribution in [-0.2, 0) is 6.42 Å². The van der Waals surface area contributed by atoms with Crippen molar-refractivity contribution in [3.8, 4) is 11.6 Å². The van der Waals surface area contributed by atoms with Crippen molar-refractivity contribution in [3.05, 3.63) is 114 Å². The lowest BCUT2D eigenvalue weighted by atomic mass is 10.1. The summed E-state index contributed by atoms with van der Waals surface area (Å²) >= 11 is 0. The molecular weight excluding hydrogens is 642 g/mol. The quantitative estimate of drug-likeness (QED) is 0.142. The van der Waals surface area contributed by atoms with E-state index in [1.165, 1.54) is 18.1 Å². The van der Waals surface area contributed by atoms with Crippen molar-refractivity contribution < 1.29 is 19.4 Å². The third kappa shape index (κ3) is 6.78. The van der Waals surface area contributed by atoms with E-state index in [1.54, 1.807) is 24.1 Å². The number of hydrogen-bond acceptors (Lipinski definition) is 8. The molecule has 258 valence electrons. The number of rotatable bonds is 8. The number of piperazine rings is 1. The van der Waals surface area contributed by atoms with Gasteiger partial charge in [0.15, 0.2) is 0 Å². The van der Waals surface area contributed by atoms with Crippen molar-refractivity contribution >= 4 is 62.2 Å². The van der Waals surface area contributed by atoms with E-state index in [2.05, 4.69) is 32.7 Å². The van der Waals surface area contributed by atoms with Gasteiger partial charge in [-0.25, -0.2) is 14.8 Å². The van der Waals surface area contributed by atoms with Crippen LogP contribution in [0.1, 0.15) is 23.0 Å². The van der Waals surface area contributed by atoms with E-state index >= 15 is 0 Å². The molecule has 1 fully saturated rings. The molecule has 0 unspecified atom stereocenters. The molecule has 4 aromatic carbocycles. The van der Waals surface area contributed by atoms with E-state index in [9.17, 15) is 14.7 Å². The van der Waals surface area contributed by atoms with Gasteiger partial charge in [-0.2, -0.15) is 0 Å². The van der Waals surface area contributed by atoms with Crippen LogP contribution >= 0.6 is 0 Å². The molecule has 0 aliphatic carbocycles. The number of amides is 3. The van der Waals surface area contributed by atoms with E-state index in [0.29, 0.717) is 60.9 Å². The van der Waals surface area contributed by atoms with Crippen molar-refractivity contribution in [2.24, 2.45) is 0 Å². The number of aryl methyl sites for hydroxylation is 1. The van der Waals surface area contributed by atoms with Gasteiger partial charge in [0.05, 0.1) is 35.1 Å². The van der Waals surface area contributed by atoms with Crippen LogP contribution in [0.15, 0.2) is 103 Å². The fourth-order valence-corrected chi connectivity index (χ4v) is 6.51. The Morgan fingerprint density at radius 2 is 1.49 bits per heavy atom. The maximum atomic E-state index is 14.2. The smallest absolute Gasteiger partial charge is 0.322 e. The molecule has 3 N–H and O–H groups in total. The summed E-state index contributed by atoms with van der Waals surface area (Å²) in [6.45, 7) is 4.38. The number of pyridine rings is 2. The van der Waals surface area contributed by atoms with Crippen molar-refractivity contribution in [2.75, 3.05) is 60.8 Å². The second-order valence-corrected chi connectivity index (χ2v) is 12.4. The zero-order valence-electron chi connectivity index (χ0n) is 28.8. The number of phenolic OH excluding ortho intramolecular Hbond substituents is 1. The van der Waals surface area contributed by atoms with Gasteiger partial charge in [-0.05, 0) is 42.8 Å². The number of urea groups is 1. The first kappa shape index (κ1) is 33.2. The zero-order chi connectivity index (χ0) is 35.5. The predicted molar refractivity (Wildman–Crippen MR) is 203 cm³/mol. The number of carbonyl (C=O) groups is 2. The predicted octanol–water partition coefficient (Wildman–Crippen LogP) is 7.43. The highest BCUT2D eigenvalue weighted by Gasteiger charge is 2.26. The molecule has 0 spiro atoms. The van der Waals surface area contributed by atoms with Crippen molar-refractivity contribution in [1.82, 2.24) is 14.9 Å². The SMILES string of the molecule is CCc1nc(OC)c(NC(=O)N2CCN(c3ccccc3)CC2)cc1C(=O)N(C)c1cc(O)cc(Nc2c3ccccc3nc3ccccc23)c1. The Morgan fingerprint density at radius 1 is 0.843 bits per heavy atom. The van der Waals surface area contributed by atoms with Gasteiger partial charge >= 0.3 is 6.03 Å². The van der Waals surface area contributed by atoms with Crippen molar-refractivity contribution in [1.29, 1.82) is 0 Å².